The molecular formula is C14H20N4O2. The molecule has 6 heteroatoms. The SMILES string of the molecule is Nc1cnccc1N1CCN(C(=O)C2CCOC2)CC1. The fourth-order valence-corrected chi connectivity index (χ4v) is 2.84. The highest BCUT2D eigenvalue weighted by atomic mass is 16.5. The number of piperazine rings is 1. The highest BCUT2D eigenvalue weighted by molar-refractivity contribution is 5.79. The Morgan fingerprint density at radius 3 is 2.80 bits per heavy atom. The molecule has 2 aliphatic heterocycles. The Hall–Kier alpha value is -1.82. The van der Waals surface area contributed by atoms with Gasteiger partial charge in [0.15, 0.2) is 0 Å². The smallest absolute Gasteiger partial charge is 0.228 e. The van der Waals surface area contributed by atoms with Crippen molar-refractivity contribution in [3.8, 4) is 0 Å². The third-order valence-electron chi connectivity index (χ3n) is 4.04. The first kappa shape index (κ1) is 13.2. The number of hydrogen-bond donors (Lipinski definition) is 1. The quantitative estimate of drug-likeness (QED) is 0.844. The molecular weight excluding hydrogens is 256 g/mol. The van der Waals surface area contributed by atoms with Crippen LogP contribution in [0.5, 0.6) is 0 Å². The van der Waals surface area contributed by atoms with Gasteiger partial charge in [-0.2, -0.15) is 0 Å². The number of carbonyl (C=O) groups excluding carboxylic acids is 1. The van der Waals surface area contributed by atoms with Gasteiger partial charge in [-0.1, -0.05) is 0 Å². The molecule has 2 fully saturated rings. The zero-order chi connectivity index (χ0) is 13.9. The van der Waals surface area contributed by atoms with E-state index in [9.17, 15) is 4.79 Å². The van der Waals surface area contributed by atoms with Crippen LogP contribution in [0.1, 0.15) is 6.42 Å². The molecule has 1 aromatic rings. The summed E-state index contributed by atoms with van der Waals surface area (Å²) >= 11 is 0. The number of carbonyl (C=O) groups is 1. The normalized spacial score (nSPS) is 23.1. The molecule has 1 aromatic heterocycles. The number of amides is 1. The number of nitrogens with zero attached hydrogens (tertiary/aromatic N) is 3. The molecule has 0 bridgehead atoms. The Morgan fingerprint density at radius 2 is 2.15 bits per heavy atom. The second-order valence-corrected chi connectivity index (χ2v) is 5.31. The van der Waals surface area contributed by atoms with E-state index in [-0.39, 0.29) is 11.8 Å². The van der Waals surface area contributed by atoms with Gasteiger partial charge >= 0.3 is 0 Å². The molecule has 2 saturated heterocycles. The number of pyridine rings is 1. The van der Waals surface area contributed by atoms with E-state index < -0.39 is 0 Å². The summed E-state index contributed by atoms with van der Waals surface area (Å²) in [6.45, 7) is 4.41. The molecule has 2 aliphatic rings. The summed E-state index contributed by atoms with van der Waals surface area (Å²) in [6, 6.07) is 1.93. The van der Waals surface area contributed by atoms with Crippen molar-refractivity contribution in [2.75, 3.05) is 50.0 Å². The average molecular weight is 276 g/mol. The van der Waals surface area contributed by atoms with Crippen molar-refractivity contribution >= 4 is 17.3 Å². The van der Waals surface area contributed by atoms with E-state index >= 15 is 0 Å². The van der Waals surface area contributed by atoms with Crippen molar-refractivity contribution < 1.29 is 9.53 Å². The molecule has 1 unspecified atom stereocenters. The zero-order valence-corrected chi connectivity index (χ0v) is 11.5. The second-order valence-electron chi connectivity index (χ2n) is 5.31. The molecule has 1 atom stereocenters. The standard InChI is InChI=1S/C14H20N4O2/c15-12-9-16-3-1-13(12)17-4-6-18(7-5-17)14(19)11-2-8-20-10-11/h1,3,9,11H,2,4-8,10,15H2. The summed E-state index contributed by atoms with van der Waals surface area (Å²) in [5.74, 6) is 0.303. The molecule has 0 saturated carbocycles. The van der Waals surface area contributed by atoms with Gasteiger partial charge in [0.25, 0.3) is 0 Å². The number of nitrogens with two attached hydrogens (primary N) is 1. The summed E-state index contributed by atoms with van der Waals surface area (Å²) in [5.41, 5.74) is 7.65. The summed E-state index contributed by atoms with van der Waals surface area (Å²) in [4.78, 5) is 20.5. The first-order valence-corrected chi connectivity index (χ1v) is 7.06. The van der Waals surface area contributed by atoms with Crippen LogP contribution in [-0.4, -0.2) is 55.2 Å². The summed E-state index contributed by atoms with van der Waals surface area (Å²) in [6.07, 6.45) is 4.28. The van der Waals surface area contributed by atoms with Gasteiger partial charge in [-0.3, -0.25) is 9.78 Å². The van der Waals surface area contributed by atoms with Gasteiger partial charge in [0.05, 0.1) is 30.1 Å². The van der Waals surface area contributed by atoms with Crippen LogP contribution in [0.3, 0.4) is 0 Å². The average Bonchev–Trinajstić information content (AvgIpc) is 3.01. The van der Waals surface area contributed by atoms with E-state index in [2.05, 4.69) is 9.88 Å². The minimum Gasteiger partial charge on any atom is -0.396 e. The maximum absolute atomic E-state index is 12.3. The maximum atomic E-state index is 12.3. The molecule has 6 nitrogen and oxygen atoms in total. The minimum atomic E-state index is 0.0625. The van der Waals surface area contributed by atoms with Gasteiger partial charge in [0, 0.05) is 39.0 Å². The van der Waals surface area contributed by atoms with Crippen molar-refractivity contribution in [3.63, 3.8) is 0 Å². The molecule has 108 valence electrons. The first-order valence-electron chi connectivity index (χ1n) is 7.06. The molecule has 0 spiro atoms. The van der Waals surface area contributed by atoms with E-state index in [1.807, 2.05) is 11.0 Å². The van der Waals surface area contributed by atoms with Crippen LogP contribution < -0.4 is 10.6 Å². The number of nitrogen functional groups attached to an aromatic ring is 1. The van der Waals surface area contributed by atoms with E-state index in [1.165, 1.54) is 0 Å². The van der Waals surface area contributed by atoms with Crippen molar-refractivity contribution in [1.29, 1.82) is 0 Å². The maximum Gasteiger partial charge on any atom is 0.228 e. The summed E-state index contributed by atoms with van der Waals surface area (Å²) < 4.78 is 5.29. The molecule has 20 heavy (non-hydrogen) atoms. The number of hydrogen-bond acceptors (Lipinski definition) is 5. The number of ether oxygens (including phenoxy) is 1. The Bertz CT molecular complexity index is 480. The number of anilines is 2. The Labute approximate surface area is 118 Å². The van der Waals surface area contributed by atoms with Gasteiger partial charge < -0.3 is 20.3 Å². The molecule has 2 N–H and O–H groups in total. The molecule has 3 rings (SSSR count). The highest BCUT2D eigenvalue weighted by Gasteiger charge is 2.30. The zero-order valence-electron chi connectivity index (χ0n) is 11.5. The van der Waals surface area contributed by atoms with Gasteiger partial charge in [-0.25, -0.2) is 0 Å². The largest absolute Gasteiger partial charge is 0.396 e. The lowest BCUT2D eigenvalue weighted by atomic mass is 10.1. The lowest BCUT2D eigenvalue weighted by molar-refractivity contribution is -0.135. The van der Waals surface area contributed by atoms with Crippen LogP contribution in [0.4, 0.5) is 11.4 Å². The monoisotopic (exact) mass is 276 g/mol. The molecule has 0 aliphatic carbocycles. The fourth-order valence-electron chi connectivity index (χ4n) is 2.84. The van der Waals surface area contributed by atoms with E-state index in [0.29, 0.717) is 18.9 Å². The number of rotatable bonds is 2. The predicted octanol–water partition coefficient (Wildman–Crippen LogP) is 0.349. The Kier molecular flexibility index (Phi) is 3.73. The summed E-state index contributed by atoms with van der Waals surface area (Å²) in [5, 5.41) is 0. The van der Waals surface area contributed by atoms with Crippen LogP contribution in [0.15, 0.2) is 18.5 Å². The van der Waals surface area contributed by atoms with E-state index in [4.69, 9.17) is 10.5 Å². The summed E-state index contributed by atoms with van der Waals surface area (Å²) in [7, 11) is 0. The van der Waals surface area contributed by atoms with Gasteiger partial charge in [0.2, 0.25) is 5.91 Å². The minimum absolute atomic E-state index is 0.0625. The van der Waals surface area contributed by atoms with Crippen LogP contribution in [0.2, 0.25) is 0 Å². The molecule has 0 radical (unpaired) electrons. The Balaban J connectivity index is 1.59. The van der Waals surface area contributed by atoms with Gasteiger partial charge in [0.1, 0.15) is 0 Å². The van der Waals surface area contributed by atoms with Crippen molar-refractivity contribution in [3.05, 3.63) is 18.5 Å². The highest BCUT2D eigenvalue weighted by Crippen LogP contribution is 2.23. The lowest BCUT2D eigenvalue weighted by Crippen LogP contribution is -2.50. The second kappa shape index (κ2) is 5.66. The van der Waals surface area contributed by atoms with Crippen LogP contribution in [0.25, 0.3) is 0 Å². The van der Waals surface area contributed by atoms with Crippen molar-refractivity contribution in [2.24, 2.45) is 5.92 Å². The number of aromatic nitrogens is 1. The van der Waals surface area contributed by atoms with Crippen molar-refractivity contribution in [1.82, 2.24) is 9.88 Å². The third kappa shape index (κ3) is 2.56. The van der Waals surface area contributed by atoms with Crippen LogP contribution >= 0.6 is 0 Å². The van der Waals surface area contributed by atoms with E-state index in [0.717, 1.165) is 38.3 Å². The van der Waals surface area contributed by atoms with Crippen LogP contribution in [-0.2, 0) is 9.53 Å². The predicted molar refractivity (Wildman–Crippen MR) is 76.4 cm³/mol. The van der Waals surface area contributed by atoms with Crippen molar-refractivity contribution in [2.45, 2.75) is 6.42 Å². The lowest BCUT2D eigenvalue weighted by Gasteiger charge is -2.37. The molecule has 0 aromatic carbocycles. The fraction of sp³-hybridized carbons (Fsp3) is 0.571. The molecule has 1 amide bonds. The van der Waals surface area contributed by atoms with E-state index in [1.54, 1.807) is 12.4 Å². The van der Waals surface area contributed by atoms with Crippen LogP contribution in [0, 0.1) is 5.92 Å². The third-order valence-corrected chi connectivity index (χ3v) is 4.04. The topological polar surface area (TPSA) is 71.7 Å². The van der Waals surface area contributed by atoms with Gasteiger partial charge in [-0.15, -0.1) is 0 Å². The van der Waals surface area contributed by atoms with Gasteiger partial charge in [-0.05, 0) is 12.5 Å². The Morgan fingerprint density at radius 1 is 1.35 bits per heavy atom. The first-order chi connectivity index (χ1) is 9.75. The molecule has 3 heterocycles.